The quantitative estimate of drug-likeness (QED) is 0.0845. The van der Waals surface area contributed by atoms with Crippen LogP contribution >= 0.6 is 15.9 Å². The van der Waals surface area contributed by atoms with Crippen LogP contribution in [0.3, 0.4) is 0 Å². The lowest BCUT2D eigenvalue weighted by Crippen LogP contribution is -2.31. The summed E-state index contributed by atoms with van der Waals surface area (Å²) in [6.45, 7) is 3.91. The smallest absolute Gasteiger partial charge is 0.339 e. The number of carbonyl (C=O) groups excluding carboxylic acids is 4. The number of halogens is 1. The molecule has 222 valence electrons. The van der Waals surface area contributed by atoms with Gasteiger partial charge in [0.05, 0.1) is 34.3 Å². The number of imide groups is 1. The largest absolute Gasteiger partial charge is 0.450 e. The Morgan fingerprint density at radius 3 is 2.45 bits per heavy atom. The van der Waals surface area contributed by atoms with Crippen LogP contribution in [0.25, 0.3) is 22.2 Å². The van der Waals surface area contributed by atoms with Crippen LogP contribution in [0.5, 0.6) is 0 Å². The van der Waals surface area contributed by atoms with Crippen LogP contribution in [0.15, 0.2) is 95.5 Å². The van der Waals surface area contributed by atoms with Crippen molar-refractivity contribution in [3.63, 3.8) is 0 Å². The number of amides is 2. The maximum Gasteiger partial charge on any atom is 0.339 e. The van der Waals surface area contributed by atoms with E-state index in [1.54, 1.807) is 60.7 Å². The number of Topliss-reactive ketones (excluding diaryl/α,β-unsaturated/α-hetero) is 1. The summed E-state index contributed by atoms with van der Waals surface area (Å²) in [7, 11) is 0. The van der Waals surface area contributed by atoms with E-state index in [1.165, 1.54) is 4.90 Å². The van der Waals surface area contributed by atoms with Gasteiger partial charge in [0.25, 0.3) is 0 Å². The molecule has 3 aromatic carbocycles. The van der Waals surface area contributed by atoms with Crippen LogP contribution in [0.4, 0.5) is 5.69 Å². The molecule has 1 aliphatic carbocycles. The summed E-state index contributed by atoms with van der Waals surface area (Å²) in [6, 6.07) is 23.0. The van der Waals surface area contributed by atoms with Gasteiger partial charge in [0.2, 0.25) is 17.6 Å². The molecular weight excluding hydrogens is 620 g/mol. The highest BCUT2D eigenvalue weighted by atomic mass is 79.9. The molecule has 6 rings (SSSR count). The van der Waals surface area contributed by atoms with Gasteiger partial charge in [0.15, 0.2) is 6.10 Å². The summed E-state index contributed by atoms with van der Waals surface area (Å²) in [4.78, 5) is 59.5. The molecule has 0 N–H and O–H groups in total. The third-order valence-corrected chi connectivity index (χ3v) is 8.93. The summed E-state index contributed by atoms with van der Waals surface area (Å²) in [5.74, 6) is -1.86. The first-order valence-corrected chi connectivity index (χ1v) is 15.6. The molecule has 4 atom stereocenters. The van der Waals surface area contributed by atoms with Gasteiger partial charge in [-0.2, -0.15) is 0 Å². The van der Waals surface area contributed by atoms with Crippen molar-refractivity contribution >= 4 is 56.1 Å². The van der Waals surface area contributed by atoms with Crippen molar-refractivity contribution in [2.24, 2.45) is 17.8 Å². The molecule has 1 aliphatic heterocycles. The molecule has 2 aliphatic rings. The molecule has 0 spiro atoms. The molecule has 7 nitrogen and oxygen atoms in total. The number of rotatable bonds is 8. The molecular formula is C36H31BrN2O5. The second kappa shape index (κ2) is 12.3. The lowest BCUT2D eigenvalue weighted by atomic mass is 9.78. The van der Waals surface area contributed by atoms with Crippen molar-refractivity contribution in [3.05, 3.63) is 107 Å². The topological polar surface area (TPSA) is 93.6 Å². The van der Waals surface area contributed by atoms with Crippen LogP contribution in [0.1, 0.15) is 53.8 Å². The number of esters is 1. The number of benzene rings is 3. The standard InChI is InChI=1S/C36H31BrN2O5/c1-3-8-31(33(40)23-10-5-4-6-11-23)44-36(43)28-20-30(38-29-18-15-24(37)19-27(28)29)22-13-16-25(17-14-22)39-34(41)26-12-7-9-21(2)32(26)35(39)42/h4-7,9-11,13-21,26,31-32H,3,8,12H2,1-2H3. The van der Waals surface area contributed by atoms with Gasteiger partial charge in [-0.3, -0.25) is 19.3 Å². The number of pyridine rings is 1. The van der Waals surface area contributed by atoms with Gasteiger partial charge < -0.3 is 4.74 Å². The molecule has 1 fully saturated rings. The molecule has 0 bridgehead atoms. The molecule has 2 heterocycles. The van der Waals surface area contributed by atoms with Crippen molar-refractivity contribution in [3.8, 4) is 11.3 Å². The van der Waals surface area contributed by atoms with Gasteiger partial charge >= 0.3 is 5.97 Å². The number of carbonyl (C=O) groups is 4. The minimum Gasteiger partial charge on any atom is -0.450 e. The van der Waals surface area contributed by atoms with Crippen LogP contribution in [-0.2, 0) is 14.3 Å². The van der Waals surface area contributed by atoms with E-state index in [0.29, 0.717) is 52.7 Å². The van der Waals surface area contributed by atoms with E-state index in [-0.39, 0.29) is 40.9 Å². The van der Waals surface area contributed by atoms with E-state index in [9.17, 15) is 19.2 Å². The van der Waals surface area contributed by atoms with Crippen molar-refractivity contribution in [2.45, 2.75) is 39.2 Å². The fourth-order valence-electron chi connectivity index (χ4n) is 6.18. The Morgan fingerprint density at radius 1 is 1.00 bits per heavy atom. The Hall–Kier alpha value is -4.43. The molecule has 1 aromatic heterocycles. The van der Waals surface area contributed by atoms with Gasteiger partial charge in [-0.15, -0.1) is 0 Å². The van der Waals surface area contributed by atoms with Crippen molar-refractivity contribution < 1.29 is 23.9 Å². The highest BCUT2D eigenvalue weighted by Crippen LogP contribution is 2.41. The minimum atomic E-state index is -0.926. The first kappa shape index (κ1) is 29.6. The van der Waals surface area contributed by atoms with E-state index < -0.39 is 12.1 Å². The third-order valence-electron chi connectivity index (χ3n) is 8.44. The Bertz CT molecular complexity index is 1800. The highest BCUT2D eigenvalue weighted by molar-refractivity contribution is 9.10. The molecule has 2 amide bonds. The van der Waals surface area contributed by atoms with Gasteiger partial charge in [0.1, 0.15) is 0 Å². The van der Waals surface area contributed by atoms with E-state index in [0.717, 1.165) is 4.47 Å². The normalized spacial score (nSPS) is 20.1. The lowest BCUT2D eigenvalue weighted by Gasteiger charge is -2.22. The second-order valence-corrected chi connectivity index (χ2v) is 12.3. The van der Waals surface area contributed by atoms with E-state index in [1.807, 2.05) is 44.2 Å². The predicted octanol–water partition coefficient (Wildman–Crippen LogP) is 7.57. The summed E-state index contributed by atoms with van der Waals surface area (Å²) >= 11 is 3.49. The number of aromatic nitrogens is 1. The van der Waals surface area contributed by atoms with E-state index in [4.69, 9.17) is 9.72 Å². The van der Waals surface area contributed by atoms with Crippen LogP contribution in [-0.4, -0.2) is 34.7 Å². The number of fused-ring (bicyclic) bond motifs is 2. The second-order valence-electron chi connectivity index (χ2n) is 11.3. The SMILES string of the molecule is CCCC(OC(=O)c1cc(-c2ccc(N3C(=O)C4CC=CC(C)C4C3=O)cc2)nc2ccc(Br)cc12)C(=O)c1ccccc1. The Morgan fingerprint density at radius 2 is 1.75 bits per heavy atom. The van der Waals surface area contributed by atoms with Gasteiger partial charge in [-0.1, -0.05) is 90.8 Å². The Labute approximate surface area is 264 Å². The van der Waals surface area contributed by atoms with E-state index >= 15 is 0 Å². The number of ether oxygens (including phenoxy) is 1. The summed E-state index contributed by atoms with van der Waals surface area (Å²) in [6.07, 6.45) is 4.69. The van der Waals surface area contributed by atoms with Crippen LogP contribution in [0.2, 0.25) is 0 Å². The monoisotopic (exact) mass is 650 g/mol. The maximum atomic E-state index is 13.7. The average Bonchev–Trinajstić information content (AvgIpc) is 3.30. The Kier molecular flexibility index (Phi) is 8.27. The van der Waals surface area contributed by atoms with E-state index in [2.05, 4.69) is 15.9 Å². The molecule has 0 radical (unpaired) electrons. The number of nitrogens with zero attached hydrogens (tertiary/aromatic N) is 2. The van der Waals surface area contributed by atoms with Crippen LogP contribution < -0.4 is 4.90 Å². The first-order chi connectivity index (χ1) is 21.3. The summed E-state index contributed by atoms with van der Waals surface area (Å²) in [5, 5.41) is 0.589. The molecule has 44 heavy (non-hydrogen) atoms. The van der Waals surface area contributed by atoms with Gasteiger partial charge in [0, 0.05) is 21.0 Å². The number of hydrogen-bond donors (Lipinski definition) is 0. The van der Waals surface area contributed by atoms with Crippen molar-refractivity contribution in [2.75, 3.05) is 4.90 Å². The number of hydrogen-bond acceptors (Lipinski definition) is 6. The third kappa shape index (κ3) is 5.50. The minimum absolute atomic E-state index is 0.00870. The highest BCUT2D eigenvalue weighted by Gasteiger charge is 2.50. The van der Waals surface area contributed by atoms with Crippen molar-refractivity contribution in [1.82, 2.24) is 4.98 Å². The zero-order valence-electron chi connectivity index (χ0n) is 24.4. The number of ketones is 1. The molecule has 8 heteroatoms. The average molecular weight is 652 g/mol. The van der Waals surface area contributed by atoms with Gasteiger partial charge in [-0.25, -0.2) is 9.78 Å². The maximum absolute atomic E-state index is 13.7. The molecule has 4 aromatic rings. The summed E-state index contributed by atoms with van der Waals surface area (Å²) < 4.78 is 6.65. The molecule has 4 unspecified atom stereocenters. The van der Waals surface area contributed by atoms with Crippen LogP contribution in [0, 0.1) is 17.8 Å². The predicted molar refractivity (Wildman–Crippen MR) is 172 cm³/mol. The zero-order valence-corrected chi connectivity index (χ0v) is 26.0. The number of allylic oxidation sites excluding steroid dienone is 2. The zero-order chi connectivity index (χ0) is 31.0. The molecule has 0 saturated carbocycles. The van der Waals surface area contributed by atoms with Gasteiger partial charge in [-0.05, 0) is 55.2 Å². The first-order valence-electron chi connectivity index (χ1n) is 14.8. The lowest BCUT2D eigenvalue weighted by molar-refractivity contribution is -0.122. The van der Waals surface area contributed by atoms with Crippen molar-refractivity contribution in [1.29, 1.82) is 0 Å². The number of anilines is 1. The fraction of sp³-hybridized carbons (Fsp3) is 0.250. The summed E-state index contributed by atoms with van der Waals surface area (Å²) in [5.41, 5.74) is 3.08. The fourth-order valence-corrected chi connectivity index (χ4v) is 6.55. The molecule has 1 saturated heterocycles. The Balaban J connectivity index is 1.32.